The van der Waals surface area contributed by atoms with Crippen LogP contribution in [0.15, 0.2) is 72.9 Å². The minimum Gasteiger partial charge on any atom is -0.462 e. The van der Waals surface area contributed by atoms with Crippen LogP contribution in [-0.2, 0) is 9.53 Å². The Labute approximate surface area is 189 Å². The Balaban J connectivity index is 1.69. The summed E-state index contributed by atoms with van der Waals surface area (Å²) in [5.74, 6) is -0.437. The maximum absolute atomic E-state index is 12.7. The van der Waals surface area contributed by atoms with E-state index in [1.807, 2.05) is 36.4 Å². The molecule has 0 saturated heterocycles. The number of aromatic nitrogens is 3. The van der Waals surface area contributed by atoms with Gasteiger partial charge in [-0.25, -0.2) is 9.78 Å². The van der Waals surface area contributed by atoms with Crippen molar-refractivity contribution in [2.75, 3.05) is 11.9 Å². The van der Waals surface area contributed by atoms with E-state index in [1.54, 1.807) is 37.3 Å². The van der Waals surface area contributed by atoms with Crippen LogP contribution in [0, 0.1) is 0 Å². The molecule has 0 saturated carbocycles. The number of halogens is 1. The highest BCUT2D eigenvalue weighted by molar-refractivity contribution is 6.32. The normalized spacial score (nSPS) is 11.1. The summed E-state index contributed by atoms with van der Waals surface area (Å²) in [6, 6.07) is 18.4. The average Bonchev–Trinajstić information content (AvgIpc) is 3.22. The number of para-hydroxylation sites is 1. The van der Waals surface area contributed by atoms with Gasteiger partial charge in [-0.3, -0.25) is 4.79 Å². The Morgan fingerprint density at radius 1 is 1.09 bits per heavy atom. The number of carbonyl (C=O) groups is 2. The predicted octanol–water partition coefficient (Wildman–Crippen LogP) is 4.90. The van der Waals surface area contributed by atoms with Crippen molar-refractivity contribution in [2.45, 2.75) is 6.92 Å². The van der Waals surface area contributed by atoms with Crippen LogP contribution >= 0.6 is 11.6 Å². The summed E-state index contributed by atoms with van der Waals surface area (Å²) in [4.78, 5) is 29.7. The predicted molar refractivity (Wildman–Crippen MR) is 124 cm³/mol. The molecule has 0 aliphatic carbocycles. The molecule has 32 heavy (non-hydrogen) atoms. The molecule has 2 aromatic heterocycles. The molecule has 0 aliphatic rings. The first-order valence-electron chi connectivity index (χ1n) is 9.91. The minimum atomic E-state index is -0.593. The van der Waals surface area contributed by atoms with Crippen LogP contribution in [0.3, 0.4) is 0 Å². The molecule has 4 aromatic rings. The van der Waals surface area contributed by atoms with Gasteiger partial charge < -0.3 is 10.1 Å². The van der Waals surface area contributed by atoms with E-state index in [9.17, 15) is 9.59 Å². The van der Waals surface area contributed by atoms with Crippen LogP contribution < -0.4 is 5.32 Å². The number of hydrogen-bond donors (Lipinski definition) is 1. The fourth-order valence-electron chi connectivity index (χ4n) is 3.11. The number of benzene rings is 2. The zero-order valence-corrected chi connectivity index (χ0v) is 17.9. The topological polar surface area (TPSA) is 86.1 Å². The number of pyridine rings is 1. The van der Waals surface area contributed by atoms with Crippen molar-refractivity contribution >= 4 is 46.3 Å². The molecule has 0 radical (unpaired) electrons. The van der Waals surface area contributed by atoms with Gasteiger partial charge in [-0.15, -0.1) is 0 Å². The Morgan fingerprint density at radius 2 is 1.88 bits per heavy atom. The molecule has 160 valence electrons. The third kappa shape index (κ3) is 4.53. The van der Waals surface area contributed by atoms with Gasteiger partial charge in [-0.2, -0.15) is 9.78 Å². The van der Waals surface area contributed by atoms with E-state index >= 15 is 0 Å². The van der Waals surface area contributed by atoms with Crippen molar-refractivity contribution in [1.82, 2.24) is 14.8 Å². The number of carbonyl (C=O) groups excluding carboxylic acids is 2. The second-order valence-electron chi connectivity index (χ2n) is 6.75. The third-order valence-corrected chi connectivity index (χ3v) is 4.97. The fourth-order valence-corrected chi connectivity index (χ4v) is 3.31. The highest BCUT2D eigenvalue weighted by atomic mass is 35.5. The lowest BCUT2D eigenvalue weighted by Crippen LogP contribution is -2.16. The van der Waals surface area contributed by atoms with Crippen molar-refractivity contribution in [1.29, 1.82) is 0 Å². The number of anilines is 1. The second kappa shape index (κ2) is 9.45. The zero-order chi connectivity index (χ0) is 22.5. The minimum absolute atomic E-state index is 0.126. The monoisotopic (exact) mass is 446 g/mol. The molecule has 0 aliphatic heterocycles. The maximum atomic E-state index is 12.7. The number of fused-ring (bicyclic) bond motifs is 1. The summed E-state index contributed by atoms with van der Waals surface area (Å²) >= 11 is 6.14. The number of rotatable bonds is 6. The van der Waals surface area contributed by atoms with E-state index in [0.29, 0.717) is 16.4 Å². The van der Waals surface area contributed by atoms with Crippen LogP contribution in [0.5, 0.6) is 0 Å². The number of ether oxygens (including phenoxy) is 1. The number of nitrogens with one attached hydrogen (secondary N) is 1. The third-order valence-electron chi connectivity index (χ3n) is 4.63. The van der Waals surface area contributed by atoms with Gasteiger partial charge in [-0.1, -0.05) is 48.0 Å². The highest BCUT2D eigenvalue weighted by Crippen LogP contribution is 2.23. The SMILES string of the molecule is CCOC(=O)c1cnn(-c2ccc3ccccc3n2)c1NC(=O)/C=C/c1ccccc1Cl. The number of esters is 1. The number of nitrogens with zero attached hydrogens (tertiary/aromatic N) is 3. The zero-order valence-electron chi connectivity index (χ0n) is 17.2. The average molecular weight is 447 g/mol. The first-order chi connectivity index (χ1) is 15.6. The maximum Gasteiger partial charge on any atom is 0.343 e. The largest absolute Gasteiger partial charge is 0.462 e. The summed E-state index contributed by atoms with van der Waals surface area (Å²) < 4.78 is 6.52. The Bertz CT molecular complexity index is 1330. The molecule has 2 aromatic carbocycles. The van der Waals surface area contributed by atoms with E-state index in [1.165, 1.54) is 17.0 Å². The second-order valence-corrected chi connectivity index (χ2v) is 7.15. The molecule has 4 rings (SSSR count). The van der Waals surface area contributed by atoms with E-state index < -0.39 is 11.9 Å². The fraction of sp³-hybridized carbons (Fsp3) is 0.0833. The Kier molecular flexibility index (Phi) is 6.28. The molecular formula is C24H19ClN4O3. The van der Waals surface area contributed by atoms with E-state index in [0.717, 1.165) is 10.9 Å². The highest BCUT2D eigenvalue weighted by Gasteiger charge is 2.21. The van der Waals surface area contributed by atoms with Crippen LogP contribution in [0.2, 0.25) is 5.02 Å². The van der Waals surface area contributed by atoms with E-state index in [4.69, 9.17) is 16.3 Å². The van der Waals surface area contributed by atoms with Gasteiger partial charge in [-0.05, 0) is 42.8 Å². The summed E-state index contributed by atoms with van der Waals surface area (Å²) in [7, 11) is 0. The van der Waals surface area contributed by atoms with Gasteiger partial charge in [0.2, 0.25) is 5.91 Å². The molecule has 1 N–H and O–H groups in total. The Hall–Kier alpha value is -3.97. The summed E-state index contributed by atoms with van der Waals surface area (Å²) in [5.41, 5.74) is 1.58. The molecule has 0 fully saturated rings. The molecule has 7 nitrogen and oxygen atoms in total. The molecular weight excluding hydrogens is 428 g/mol. The molecule has 0 bridgehead atoms. The first-order valence-corrected chi connectivity index (χ1v) is 10.3. The molecule has 8 heteroatoms. The lowest BCUT2D eigenvalue weighted by atomic mass is 10.2. The summed E-state index contributed by atoms with van der Waals surface area (Å²) in [6.07, 6.45) is 4.28. The van der Waals surface area contributed by atoms with Crippen LogP contribution in [0.25, 0.3) is 22.8 Å². The van der Waals surface area contributed by atoms with Gasteiger partial charge in [0, 0.05) is 16.5 Å². The van der Waals surface area contributed by atoms with E-state index in [2.05, 4.69) is 15.4 Å². The summed E-state index contributed by atoms with van der Waals surface area (Å²) in [5, 5.41) is 8.48. The lowest BCUT2D eigenvalue weighted by Gasteiger charge is -2.10. The number of amides is 1. The van der Waals surface area contributed by atoms with Crippen LogP contribution in [0.1, 0.15) is 22.8 Å². The molecule has 0 atom stereocenters. The van der Waals surface area contributed by atoms with Gasteiger partial charge in [0.05, 0.1) is 18.3 Å². The standard InChI is InChI=1S/C24H19ClN4O3/c1-2-32-24(31)18-15-26-29(21-13-11-17-8-4-6-10-20(17)27-21)23(18)28-22(30)14-12-16-7-3-5-9-19(16)25/h3-15H,2H2,1H3,(H,28,30)/b14-12+. The van der Waals surface area contributed by atoms with Crippen molar-refractivity contribution in [3.05, 3.63) is 89.1 Å². The van der Waals surface area contributed by atoms with Crippen molar-refractivity contribution in [3.63, 3.8) is 0 Å². The van der Waals surface area contributed by atoms with Crippen molar-refractivity contribution < 1.29 is 14.3 Å². The lowest BCUT2D eigenvalue weighted by molar-refractivity contribution is -0.111. The van der Waals surface area contributed by atoms with Gasteiger partial charge in [0.25, 0.3) is 0 Å². The van der Waals surface area contributed by atoms with Crippen LogP contribution in [-0.4, -0.2) is 33.2 Å². The smallest absolute Gasteiger partial charge is 0.343 e. The molecule has 0 spiro atoms. The van der Waals surface area contributed by atoms with Crippen LogP contribution in [0.4, 0.5) is 5.82 Å². The quantitative estimate of drug-likeness (QED) is 0.336. The number of hydrogen-bond acceptors (Lipinski definition) is 5. The van der Waals surface area contributed by atoms with E-state index in [-0.39, 0.29) is 18.0 Å². The Morgan fingerprint density at radius 3 is 2.69 bits per heavy atom. The summed E-state index contributed by atoms with van der Waals surface area (Å²) in [6.45, 7) is 1.90. The van der Waals surface area contributed by atoms with Gasteiger partial charge in [0.1, 0.15) is 5.56 Å². The molecule has 2 heterocycles. The molecule has 0 unspecified atom stereocenters. The molecule has 1 amide bonds. The first kappa shape index (κ1) is 21.3. The van der Waals surface area contributed by atoms with Gasteiger partial charge in [0.15, 0.2) is 11.6 Å². The van der Waals surface area contributed by atoms with Gasteiger partial charge >= 0.3 is 5.97 Å². The van der Waals surface area contributed by atoms with Crippen molar-refractivity contribution in [2.24, 2.45) is 0 Å². The van der Waals surface area contributed by atoms with Crippen molar-refractivity contribution in [3.8, 4) is 5.82 Å².